The number of hydrogen-bond acceptors (Lipinski definition) is 0. The zero-order valence-corrected chi connectivity index (χ0v) is 8.01. The van der Waals surface area contributed by atoms with Gasteiger partial charge in [-0.15, -0.1) is 0 Å². The van der Waals surface area contributed by atoms with Gasteiger partial charge in [0.2, 0.25) is 0 Å². The maximum atomic E-state index is 2.23. The molecule has 1 heteroatoms. The molecule has 0 nitrogen and oxygen atoms in total. The van der Waals surface area contributed by atoms with Crippen molar-refractivity contribution in [3.63, 3.8) is 0 Å². The SMILES string of the molecule is CC[C](=[Hf+2])CC. The molecule has 0 aliphatic heterocycles. The molecule has 0 saturated carbocycles. The summed E-state index contributed by atoms with van der Waals surface area (Å²) in [6, 6.07) is 0. The third-order valence-corrected chi connectivity index (χ3v) is 3.39. The van der Waals surface area contributed by atoms with Gasteiger partial charge in [-0.05, 0) is 0 Å². The molecule has 6 heavy (non-hydrogen) atoms. The second-order valence-corrected chi connectivity index (χ2v) is 3.85. The second kappa shape index (κ2) is 3.91. The molecule has 0 aromatic carbocycles. The van der Waals surface area contributed by atoms with E-state index in [9.17, 15) is 0 Å². The van der Waals surface area contributed by atoms with Crippen LogP contribution in [0.1, 0.15) is 26.7 Å². The molecule has 0 heterocycles. The van der Waals surface area contributed by atoms with Crippen molar-refractivity contribution in [1.29, 1.82) is 0 Å². The van der Waals surface area contributed by atoms with Gasteiger partial charge in [-0.2, -0.15) is 0 Å². The third-order valence-electron chi connectivity index (χ3n) is 0.854. The summed E-state index contributed by atoms with van der Waals surface area (Å²) in [7, 11) is 0. The summed E-state index contributed by atoms with van der Waals surface area (Å²) in [4.78, 5) is 0. The molecule has 0 N–H and O–H groups in total. The average Bonchev–Trinajstić information content (AvgIpc) is 1.65. The van der Waals surface area contributed by atoms with E-state index in [4.69, 9.17) is 0 Å². The predicted octanol–water partition coefficient (Wildman–Crippen LogP) is 1.53. The molecule has 0 unspecified atom stereocenters. The Balaban J connectivity index is 2.99. The van der Waals surface area contributed by atoms with E-state index in [-0.39, 0.29) is 0 Å². The molecule has 0 atom stereocenters. The summed E-state index contributed by atoms with van der Waals surface area (Å²) in [5.74, 6) is 0. The van der Waals surface area contributed by atoms with Crippen molar-refractivity contribution in [2.45, 2.75) is 26.7 Å². The van der Waals surface area contributed by atoms with Gasteiger partial charge in [0, 0.05) is 0 Å². The quantitative estimate of drug-likeness (QED) is 0.650. The van der Waals surface area contributed by atoms with Crippen molar-refractivity contribution in [1.82, 2.24) is 0 Å². The summed E-state index contributed by atoms with van der Waals surface area (Å²) >= 11 is 1.31. The van der Waals surface area contributed by atoms with Crippen LogP contribution in [0.3, 0.4) is 0 Å². The average molecular weight is 249 g/mol. The first kappa shape index (κ1) is 6.74. The molecule has 0 radical (unpaired) electrons. The van der Waals surface area contributed by atoms with Crippen LogP contribution in [0, 0.1) is 0 Å². The van der Waals surface area contributed by atoms with Gasteiger partial charge in [0.15, 0.2) is 0 Å². The van der Waals surface area contributed by atoms with E-state index in [1.165, 1.54) is 36.7 Å². The monoisotopic (exact) mass is 250 g/mol. The first-order valence-electron chi connectivity index (χ1n) is 2.37. The summed E-state index contributed by atoms with van der Waals surface area (Å²) in [6.07, 6.45) is 2.62. The van der Waals surface area contributed by atoms with Gasteiger partial charge >= 0.3 is 53.8 Å². The third kappa shape index (κ3) is 2.95. The summed E-state index contributed by atoms with van der Waals surface area (Å²) in [5, 5.41) is 0. The molecule has 0 bridgehead atoms. The Kier molecular flexibility index (Phi) is 4.40. The molecule has 0 rings (SSSR count). The molecular weight excluding hydrogens is 239 g/mol. The summed E-state index contributed by atoms with van der Waals surface area (Å²) in [6.45, 7) is 4.46. The van der Waals surface area contributed by atoms with Crippen LogP contribution in [0.15, 0.2) is 0 Å². The van der Waals surface area contributed by atoms with Crippen molar-refractivity contribution in [2.24, 2.45) is 0 Å². The van der Waals surface area contributed by atoms with Crippen LogP contribution in [-0.2, 0) is 23.9 Å². The minimum absolute atomic E-state index is 1.31. The molecule has 0 saturated heterocycles. The summed E-state index contributed by atoms with van der Waals surface area (Å²) < 4.78 is 1.73. The van der Waals surface area contributed by atoms with E-state index in [1.54, 1.807) is 3.26 Å². The fraction of sp³-hybridized carbons (Fsp3) is 0.800. The van der Waals surface area contributed by atoms with Crippen molar-refractivity contribution in [3.8, 4) is 0 Å². The topological polar surface area (TPSA) is 0 Å². The van der Waals surface area contributed by atoms with E-state index in [0.717, 1.165) is 0 Å². The Bertz CT molecular complexity index is 41.9. The fourth-order valence-electron chi connectivity index (χ4n) is 0.250. The number of rotatable bonds is 2. The molecular formula is C5H10Hf+2. The van der Waals surface area contributed by atoms with Gasteiger partial charge in [-0.1, -0.05) is 0 Å². The Morgan fingerprint density at radius 1 is 1.33 bits per heavy atom. The molecule has 0 aliphatic carbocycles. The Labute approximate surface area is 54.0 Å². The van der Waals surface area contributed by atoms with Crippen molar-refractivity contribution < 1.29 is 23.9 Å². The Morgan fingerprint density at radius 3 is 1.67 bits per heavy atom. The molecule has 32 valence electrons. The van der Waals surface area contributed by atoms with E-state index >= 15 is 0 Å². The van der Waals surface area contributed by atoms with Gasteiger partial charge in [0.05, 0.1) is 0 Å². The summed E-state index contributed by atoms with van der Waals surface area (Å²) in [5.41, 5.74) is 0. The minimum atomic E-state index is 1.31. The number of hydrogen-bond donors (Lipinski definition) is 0. The molecule has 0 spiro atoms. The van der Waals surface area contributed by atoms with Gasteiger partial charge < -0.3 is 0 Å². The van der Waals surface area contributed by atoms with Crippen LogP contribution < -0.4 is 0 Å². The van der Waals surface area contributed by atoms with Crippen LogP contribution in [0.5, 0.6) is 0 Å². The van der Waals surface area contributed by atoms with E-state index < -0.39 is 0 Å². The van der Waals surface area contributed by atoms with Gasteiger partial charge in [-0.3, -0.25) is 0 Å². The Morgan fingerprint density at radius 2 is 1.67 bits per heavy atom. The molecule has 0 amide bonds. The molecule has 0 aromatic rings. The predicted molar refractivity (Wildman–Crippen MR) is 25.6 cm³/mol. The van der Waals surface area contributed by atoms with Crippen LogP contribution in [-0.4, -0.2) is 3.26 Å². The van der Waals surface area contributed by atoms with Crippen LogP contribution in [0.2, 0.25) is 0 Å². The zero-order chi connectivity index (χ0) is 4.99. The van der Waals surface area contributed by atoms with E-state index in [2.05, 4.69) is 13.8 Å². The molecule has 0 aromatic heterocycles. The molecule has 0 aliphatic rings. The first-order valence-corrected chi connectivity index (χ1v) is 4.17. The van der Waals surface area contributed by atoms with Crippen molar-refractivity contribution in [3.05, 3.63) is 0 Å². The van der Waals surface area contributed by atoms with Gasteiger partial charge in [-0.25, -0.2) is 0 Å². The fourth-order valence-corrected chi connectivity index (χ4v) is 0.250. The van der Waals surface area contributed by atoms with Gasteiger partial charge in [0.1, 0.15) is 0 Å². The maximum absolute atomic E-state index is 2.23. The van der Waals surface area contributed by atoms with E-state index in [1.807, 2.05) is 0 Å². The second-order valence-electron chi connectivity index (χ2n) is 1.31. The van der Waals surface area contributed by atoms with Crippen molar-refractivity contribution in [2.75, 3.05) is 0 Å². The van der Waals surface area contributed by atoms with Crippen molar-refractivity contribution >= 4 is 3.26 Å². The normalized spacial score (nSPS) is 8.67. The first-order chi connectivity index (χ1) is 2.81. The van der Waals surface area contributed by atoms with E-state index in [0.29, 0.717) is 0 Å². The zero-order valence-electron chi connectivity index (χ0n) is 4.41. The van der Waals surface area contributed by atoms with Gasteiger partial charge in [0.25, 0.3) is 0 Å². The van der Waals surface area contributed by atoms with Crippen LogP contribution >= 0.6 is 0 Å². The Hall–Kier alpha value is 0.740. The van der Waals surface area contributed by atoms with Crippen LogP contribution in [0.25, 0.3) is 0 Å². The molecule has 0 fully saturated rings. The standard InChI is InChI=1S/C5H10.Hf/c1-3-5-4-2;/h3-4H2,1-2H3;/q;+2. The van der Waals surface area contributed by atoms with Crippen LogP contribution in [0.4, 0.5) is 0 Å².